The number of aryl methyl sites for hydroxylation is 1. The van der Waals surface area contributed by atoms with Crippen LogP contribution in [-0.4, -0.2) is 37.1 Å². The van der Waals surface area contributed by atoms with Gasteiger partial charge < -0.3 is 14.2 Å². The molecule has 0 saturated carbocycles. The fourth-order valence-corrected chi connectivity index (χ4v) is 1.32. The van der Waals surface area contributed by atoms with E-state index in [-0.39, 0.29) is 12.1 Å². The van der Waals surface area contributed by atoms with Gasteiger partial charge in [-0.1, -0.05) is 0 Å². The quantitative estimate of drug-likeness (QED) is 0.415. The molecule has 0 N–H and O–H groups in total. The number of ether oxygens (including phenoxy) is 3. The monoisotopic (exact) mass is 246 g/mol. The van der Waals surface area contributed by atoms with E-state index in [0.717, 1.165) is 11.4 Å². The van der Waals surface area contributed by atoms with E-state index in [0.29, 0.717) is 19.8 Å². The Labute approximate surface area is 99.7 Å². The molecule has 0 aliphatic heterocycles. The van der Waals surface area contributed by atoms with Gasteiger partial charge in [0.05, 0.1) is 25.5 Å². The lowest BCUT2D eigenvalue weighted by atomic mass is 10.3. The summed E-state index contributed by atoms with van der Waals surface area (Å²) in [4.78, 5) is 7.97. The van der Waals surface area contributed by atoms with Crippen molar-refractivity contribution in [2.75, 3.05) is 27.1 Å². The normalized spacial score (nSPS) is 10.7. The zero-order chi connectivity index (χ0) is 11.8. The molecule has 0 spiro atoms. The summed E-state index contributed by atoms with van der Waals surface area (Å²) in [5, 5.41) is 0.235. The summed E-state index contributed by atoms with van der Waals surface area (Å²) < 4.78 is 15.2. The maximum absolute atomic E-state index is 5.71. The summed E-state index contributed by atoms with van der Waals surface area (Å²) >= 11 is 5.71. The van der Waals surface area contributed by atoms with Crippen molar-refractivity contribution in [1.29, 1.82) is 0 Å². The van der Waals surface area contributed by atoms with Gasteiger partial charge in [0, 0.05) is 12.8 Å². The van der Waals surface area contributed by atoms with Gasteiger partial charge in [-0.2, -0.15) is 0 Å². The van der Waals surface area contributed by atoms with Crippen LogP contribution in [0.25, 0.3) is 0 Å². The highest BCUT2D eigenvalue weighted by Crippen LogP contribution is 2.06. The summed E-state index contributed by atoms with van der Waals surface area (Å²) in [6, 6.07) is 1.82. The molecule has 6 heteroatoms. The molecule has 0 aliphatic rings. The number of methoxy groups -OCH3 is 1. The predicted octanol–water partition coefficient (Wildman–Crippen LogP) is 1.58. The minimum Gasteiger partial charge on any atom is -0.382 e. The minimum absolute atomic E-state index is 0.212. The van der Waals surface area contributed by atoms with Gasteiger partial charge in [-0.3, -0.25) is 0 Å². The lowest BCUT2D eigenvalue weighted by Crippen LogP contribution is -2.06. The van der Waals surface area contributed by atoms with Crippen molar-refractivity contribution in [2.24, 2.45) is 0 Å². The van der Waals surface area contributed by atoms with Gasteiger partial charge in [-0.25, -0.2) is 9.97 Å². The first-order valence-corrected chi connectivity index (χ1v) is 5.24. The van der Waals surface area contributed by atoms with Crippen molar-refractivity contribution in [3.63, 3.8) is 0 Å². The van der Waals surface area contributed by atoms with Gasteiger partial charge in [-0.05, 0) is 24.6 Å². The van der Waals surface area contributed by atoms with Gasteiger partial charge in [0.2, 0.25) is 5.28 Å². The molecule has 1 rings (SSSR count). The third kappa shape index (κ3) is 5.37. The minimum atomic E-state index is 0.212. The van der Waals surface area contributed by atoms with Gasteiger partial charge in [-0.15, -0.1) is 0 Å². The largest absolute Gasteiger partial charge is 0.382 e. The second kappa shape index (κ2) is 7.51. The molecule has 1 heterocycles. The van der Waals surface area contributed by atoms with Crippen LogP contribution in [0.1, 0.15) is 11.4 Å². The number of hydrogen-bond donors (Lipinski definition) is 0. The fourth-order valence-electron chi connectivity index (χ4n) is 1.07. The summed E-state index contributed by atoms with van der Waals surface area (Å²) in [6.07, 6.45) is 0. The second-order valence-electron chi connectivity index (χ2n) is 3.14. The molecule has 16 heavy (non-hydrogen) atoms. The molecule has 0 bridgehead atoms. The third-order valence-corrected chi connectivity index (χ3v) is 1.90. The van der Waals surface area contributed by atoms with E-state index < -0.39 is 0 Å². The Morgan fingerprint density at radius 2 is 2.06 bits per heavy atom. The third-order valence-electron chi connectivity index (χ3n) is 1.73. The molecule has 0 atom stereocenters. The highest BCUT2D eigenvalue weighted by molar-refractivity contribution is 6.28. The Bertz CT molecular complexity index is 303. The second-order valence-corrected chi connectivity index (χ2v) is 3.48. The van der Waals surface area contributed by atoms with Crippen LogP contribution in [0.15, 0.2) is 6.07 Å². The average molecular weight is 247 g/mol. The Hall–Kier alpha value is -0.750. The molecule has 1 aromatic rings. The first-order valence-electron chi connectivity index (χ1n) is 4.87. The van der Waals surface area contributed by atoms with Crippen molar-refractivity contribution >= 4 is 11.6 Å². The molecule has 90 valence electrons. The summed E-state index contributed by atoms with van der Waals surface area (Å²) in [5.41, 5.74) is 1.56. The fraction of sp³-hybridized carbons (Fsp3) is 0.600. The Morgan fingerprint density at radius 1 is 1.25 bits per heavy atom. The molecule has 0 unspecified atom stereocenters. The van der Waals surface area contributed by atoms with Crippen LogP contribution in [0.5, 0.6) is 0 Å². The number of hydrogen-bond acceptors (Lipinski definition) is 5. The zero-order valence-corrected chi connectivity index (χ0v) is 10.2. The molecule has 0 amide bonds. The Balaban J connectivity index is 2.21. The lowest BCUT2D eigenvalue weighted by Gasteiger charge is -2.05. The Morgan fingerprint density at radius 3 is 2.75 bits per heavy atom. The molecule has 1 aromatic heterocycles. The van der Waals surface area contributed by atoms with E-state index in [2.05, 4.69) is 9.97 Å². The summed E-state index contributed by atoms with van der Waals surface area (Å²) in [6.45, 7) is 3.49. The van der Waals surface area contributed by atoms with Gasteiger partial charge in [0.1, 0.15) is 6.79 Å². The topological polar surface area (TPSA) is 53.5 Å². The maximum atomic E-state index is 5.71. The molecule has 0 aliphatic carbocycles. The van der Waals surface area contributed by atoms with E-state index in [1.807, 2.05) is 13.0 Å². The summed E-state index contributed by atoms with van der Waals surface area (Å²) in [5.74, 6) is 0. The number of nitrogens with zero attached hydrogens (tertiary/aromatic N) is 2. The first-order chi connectivity index (χ1) is 7.72. The van der Waals surface area contributed by atoms with Crippen LogP contribution in [0.4, 0.5) is 0 Å². The molecule has 0 aromatic carbocycles. The zero-order valence-electron chi connectivity index (χ0n) is 9.40. The molecule has 0 saturated heterocycles. The van der Waals surface area contributed by atoms with E-state index >= 15 is 0 Å². The summed E-state index contributed by atoms with van der Waals surface area (Å²) in [7, 11) is 1.62. The van der Waals surface area contributed by atoms with Crippen LogP contribution >= 0.6 is 11.6 Å². The number of aromatic nitrogens is 2. The van der Waals surface area contributed by atoms with Gasteiger partial charge in [0.25, 0.3) is 0 Å². The van der Waals surface area contributed by atoms with Crippen molar-refractivity contribution in [3.8, 4) is 0 Å². The van der Waals surface area contributed by atoms with Crippen LogP contribution in [0, 0.1) is 6.92 Å². The van der Waals surface area contributed by atoms with Crippen molar-refractivity contribution in [2.45, 2.75) is 13.5 Å². The standard InChI is InChI=1S/C10H15ClN2O3/c1-8-5-9(13-10(11)12-8)6-16-7-15-4-3-14-2/h5H,3-4,6-7H2,1-2H3. The molecule has 0 fully saturated rings. The average Bonchev–Trinajstić information content (AvgIpc) is 2.22. The first kappa shape index (κ1) is 13.3. The lowest BCUT2D eigenvalue weighted by molar-refractivity contribution is -0.0732. The van der Waals surface area contributed by atoms with E-state index in [1.54, 1.807) is 7.11 Å². The van der Waals surface area contributed by atoms with Crippen LogP contribution in [0.3, 0.4) is 0 Å². The predicted molar refractivity (Wildman–Crippen MR) is 59.3 cm³/mol. The number of rotatable bonds is 7. The highest BCUT2D eigenvalue weighted by atomic mass is 35.5. The van der Waals surface area contributed by atoms with Gasteiger partial charge in [0.15, 0.2) is 0 Å². The van der Waals surface area contributed by atoms with Crippen LogP contribution in [0.2, 0.25) is 5.28 Å². The number of halogens is 1. The van der Waals surface area contributed by atoms with E-state index in [4.69, 9.17) is 25.8 Å². The molecular formula is C10H15ClN2O3. The SMILES string of the molecule is COCCOCOCc1cc(C)nc(Cl)n1. The van der Waals surface area contributed by atoms with E-state index in [1.165, 1.54) is 0 Å². The van der Waals surface area contributed by atoms with Crippen molar-refractivity contribution < 1.29 is 14.2 Å². The molecule has 0 radical (unpaired) electrons. The van der Waals surface area contributed by atoms with Crippen molar-refractivity contribution in [3.05, 3.63) is 22.7 Å². The van der Waals surface area contributed by atoms with Crippen LogP contribution in [-0.2, 0) is 20.8 Å². The smallest absolute Gasteiger partial charge is 0.222 e. The van der Waals surface area contributed by atoms with Gasteiger partial charge >= 0.3 is 0 Å². The molecular weight excluding hydrogens is 232 g/mol. The highest BCUT2D eigenvalue weighted by Gasteiger charge is 2.00. The van der Waals surface area contributed by atoms with E-state index in [9.17, 15) is 0 Å². The maximum Gasteiger partial charge on any atom is 0.222 e. The van der Waals surface area contributed by atoms with Crippen molar-refractivity contribution in [1.82, 2.24) is 9.97 Å². The molecule has 5 nitrogen and oxygen atoms in total. The Kier molecular flexibility index (Phi) is 6.25. The van der Waals surface area contributed by atoms with Crippen LogP contribution < -0.4 is 0 Å².